The fourth-order valence-corrected chi connectivity index (χ4v) is 2.69. The summed E-state index contributed by atoms with van der Waals surface area (Å²) in [5.74, 6) is 0.143. The summed E-state index contributed by atoms with van der Waals surface area (Å²) >= 11 is 0. The molecule has 0 amide bonds. The van der Waals surface area contributed by atoms with Crippen LogP contribution in [-0.2, 0) is 11.5 Å². The molecule has 0 aromatic heterocycles. The third kappa shape index (κ3) is 4.93. The molecule has 0 fully saturated rings. The van der Waals surface area contributed by atoms with Crippen LogP contribution in [0.2, 0.25) is 0 Å². The van der Waals surface area contributed by atoms with Crippen LogP contribution in [0.4, 0.5) is 0 Å². The van der Waals surface area contributed by atoms with Crippen molar-refractivity contribution in [2.45, 2.75) is 51.9 Å². The van der Waals surface area contributed by atoms with Gasteiger partial charge < -0.3 is 0 Å². The lowest BCUT2D eigenvalue weighted by atomic mass is 10.00. The van der Waals surface area contributed by atoms with Gasteiger partial charge in [-0.25, -0.2) is 0 Å². The summed E-state index contributed by atoms with van der Waals surface area (Å²) in [7, 11) is 0. The quantitative estimate of drug-likeness (QED) is 0.499. The highest BCUT2D eigenvalue weighted by Crippen LogP contribution is 2.30. The predicted octanol–water partition coefficient (Wildman–Crippen LogP) is 6.40. The molecule has 0 atom stereocenters. The van der Waals surface area contributed by atoms with Crippen molar-refractivity contribution in [3.8, 4) is 16.9 Å². The molecular formula is C20H25O. The zero-order valence-electron chi connectivity index (χ0n) is 13.0. The van der Waals surface area contributed by atoms with Crippen LogP contribution in [0.3, 0.4) is 0 Å². The Morgan fingerprint density at radius 2 is 1.52 bits per heavy atom. The summed E-state index contributed by atoms with van der Waals surface area (Å²) in [5.41, 5.74) is 2.99. The van der Waals surface area contributed by atoms with E-state index >= 15 is 0 Å². The van der Waals surface area contributed by atoms with E-state index in [0.717, 1.165) is 17.5 Å². The molecule has 0 aliphatic carbocycles. The first-order valence-electron chi connectivity index (χ1n) is 8.16. The molecule has 0 aliphatic heterocycles. The first kappa shape index (κ1) is 15.6. The maximum atomic E-state index is 12.2. The van der Waals surface area contributed by atoms with E-state index in [-0.39, 0.29) is 5.75 Å². The Morgan fingerprint density at radius 1 is 0.810 bits per heavy atom. The molecule has 21 heavy (non-hydrogen) atoms. The van der Waals surface area contributed by atoms with E-state index in [2.05, 4.69) is 13.0 Å². The maximum absolute atomic E-state index is 12.2. The average Bonchev–Trinajstić information content (AvgIpc) is 2.52. The van der Waals surface area contributed by atoms with Crippen LogP contribution in [0.1, 0.15) is 51.0 Å². The number of aryl methyl sites for hydroxylation is 1. The van der Waals surface area contributed by atoms with Crippen LogP contribution in [0.25, 0.3) is 11.1 Å². The summed E-state index contributed by atoms with van der Waals surface area (Å²) < 4.78 is 0. The Morgan fingerprint density at radius 3 is 2.24 bits per heavy atom. The highest BCUT2D eigenvalue weighted by atomic mass is 16.3. The van der Waals surface area contributed by atoms with Gasteiger partial charge in [0.2, 0.25) is 0 Å². The van der Waals surface area contributed by atoms with Gasteiger partial charge in [-0.3, -0.25) is 5.11 Å². The highest BCUT2D eigenvalue weighted by molar-refractivity contribution is 5.70. The largest absolute Gasteiger partial charge is 0.289 e. The third-order valence-electron chi connectivity index (χ3n) is 3.95. The molecule has 0 saturated heterocycles. The Balaban J connectivity index is 1.88. The van der Waals surface area contributed by atoms with Gasteiger partial charge in [-0.05, 0) is 30.0 Å². The van der Waals surface area contributed by atoms with Crippen molar-refractivity contribution < 1.29 is 5.11 Å². The molecule has 0 unspecified atom stereocenters. The van der Waals surface area contributed by atoms with Crippen molar-refractivity contribution in [3.63, 3.8) is 0 Å². The van der Waals surface area contributed by atoms with Crippen molar-refractivity contribution in [1.82, 2.24) is 0 Å². The zero-order chi connectivity index (χ0) is 14.9. The second-order valence-electron chi connectivity index (χ2n) is 5.71. The topological polar surface area (TPSA) is 19.9 Å². The lowest BCUT2D eigenvalue weighted by Gasteiger charge is -2.06. The molecule has 1 heteroatoms. The number of hydrogen-bond donors (Lipinski definition) is 0. The van der Waals surface area contributed by atoms with E-state index in [9.17, 15) is 5.11 Å². The fourth-order valence-electron chi connectivity index (χ4n) is 2.69. The minimum absolute atomic E-state index is 0.143. The molecule has 2 aromatic carbocycles. The second kappa shape index (κ2) is 8.51. The second-order valence-corrected chi connectivity index (χ2v) is 5.71. The molecule has 0 bridgehead atoms. The van der Waals surface area contributed by atoms with E-state index in [1.54, 1.807) is 0 Å². The third-order valence-corrected chi connectivity index (χ3v) is 3.95. The monoisotopic (exact) mass is 281 g/mol. The van der Waals surface area contributed by atoms with E-state index in [4.69, 9.17) is 0 Å². The van der Waals surface area contributed by atoms with Crippen LogP contribution < -0.4 is 0 Å². The first-order chi connectivity index (χ1) is 10.3. The number of rotatable bonds is 8. The van der Waals surface area contributed by atoms with Gasteiger partial charge >= 0.3 is 0 Å². The van der Waals surface area contributed by atoms with Gasteiger partial charge in [0.05, 0.1) is 0 Å². The fraction of sp³-hybridized carbons (Fsp3) is 0.400. The Labute approximate surface area is 128 Å². The molecule has 0 N–H and O–H groups in total. The van der Waals surface area contributed by atoms with Gasteiger partial charge in [0.1, 0.15) is 0 Å². The molecule has 111 valence electrons. The molecule has 2 rings (SSSR count). The lowest BCUT2D eigenvalue weighted by Crippen LogP contribution is -1.87. The number of unbranched alkanes of at least 4 members (excludes halogenated alkanes) is 5. The summed E-state index contributed by atoms with van der Waals surface area (Å²) in [6, 6.07) is 15.8. The van der Waals surface area contributed by atoms with Crippen molar-refractivity contribution in [2.75, 3.05) is 0 Å². The molecule has 1 nitrogen and oxygen atoms in total. The van der Waals surface area contributed by atoms with Crippen LogP contribution in [0, 0.1) is 0 Å². The smallest absolute Gasteiger partial charge is 0.186 e. The Bertz CT molecular complexity index is 531. The summed E-state index contributed by atoms with van der Waals surface area (Å²) in [6.45, 7) is 2.24. The van der Waals surface area contributed by atoms with Gasteiger partial charge in [-0.2, -0.15) is 0 Å². The molecule has 2 aromatic rings. The summed E-state index contributed by atoms with van der Waals surface area (Å²) in [6.07, 6.45) is 8.78. The molecule has 0 saturated carbocycles. The lowest BCUT2D eigenvalue weighted by molar-refractivity contribution is 0.356. The van der Waals surface area contributed by atoms with Crippen molar-refractivity contribution >= 4 is 0 Å². The van der Waals surface area contributed by atoms with Crippen LogP contribution >= 0.6 is 0 Å². The van der Waals surface area contributed by atoms with Crippen molar-refractivity contribution in [3.05, 3.63) is 54.1 Å². The van der Waals surface area contributed by atoms with Gasteiger partial charge in [0.25, 0.3) is 0 Å². The maximum Gasteiger partial charge on any atom is 0.186 e. The molecular weight excluding hydrogens is 256 g/mol. The van der Waals surface area contributed by atoms with E-state index in [0.29, 0.717) is 0 Å². The van der Waals surface area contributed by atoms with Gasteiger partial charge in [-0.15, -0.1) is 0 Å². The molecule has 0 aliphatic rings. The highest BCUT2D eigenvalue weighted by Gasteiger charge is 2.06. The normalized spacial score (nSPS) is 10.7. The Kier molecular flexibility index (Phi) is 6.33. The van der Waals surface area contributed by atoms with E-state index < -0.39 is 0 Å². The zero-order valence-corrected chi connectivity index (χ0v) is 13.0. The van der Waals surface area contributed by atoms with Crippen molar-refractivity contribution in [2.24, 2.45) is 0 Å². The minimum Gasteiger partial charge on any atom is -0.289 e. The first-order valence-corrected chi connectivity index (χ1v) is 8.16. The summed E-state index contributed by atoms with van der Waals surface area (Å²) in [5, 5.41) is 12.2. The van der Waals surface area contributed by atoms with Crippen LogP contribution in [0.5, 0.6) is 5.75 Å². The SMILES string of the molecule is CCCCCCCCc1ccc(-c2ccccc2)c([O])c1. The van der Waals surface area contributed by atoms with Gasteiger partial charge in [0.15, 0.2) is 5.75 Å². The van der Waals surface area contributed by atoms with Gasteiger partial charge in [-0.1, -0.05) is 81.5 Å². The van der Waals surface area contributed by atoms with E-state index in [1.807, 2.05) is 42.5 Å². The minimum atomic E-state index is 0.143. The van der Waals surface area contributed by atoms with Crippen molar-refractivity contribution in [1.29, 1.82) is 0 Å². The van der Waals surface area contributed by atoms with Gasteiger partial charge in [0, 0.05) is 5.56 Å². The van der Waals surface area contributed by atoms with E-state index in [1.165, 1.54) is 44.1 Å². The summed E-state index contributed by atoms with van der Waals surface area (Å²) in [4.78, 5) is 0. The van der Waals surface area contributed by atoms with Crippen LogP contribution in [-0.4, -0.2) is 0 Å². The number of benzene rings is 2. The number of hydrogen-bond acceptors (Lipinski definition) is 0. The van der Waals surface area contributed by atoms with Crippen LogP contribution in [0.15, 0.2) is 48.5 Å². The molecule has 1 radical (unpaired) electrons. The average molecular weight is 281 g/mol. The Hall–Kier alpha value is -1.76. The molecule has 0 spiro atoms. The predicted molar refractivity (Wildman–Crippen MR) is 89.1 cm³/mol. The molecule has 0 heterocycles. The standard InChI is InChI=1S/C20H25O/c1-2-3-4-5-6-8-11-17-14-15-19(20(21)16-17)18-12-9-7-10-13-18/h7,9-10,12-16H,2-6,8,11H2,1H3.